The third-order valence-electron chi connectivity index (χ3n) is 2.91. The summed E-state index contributed by atoms with van der Waals surface area (Å²) in [5.41, 5.74) is 1.59. The maximum absolute atomic E-state index is 12.0. The molecule has 1 heterocycles. The maximum atomic E-state index is 12.0. The smallest absolute Gasteiger partial charge is 0.227 e. The lowest BCUT2D eigenvalue weighted by Gasteiger charge is -2.27. The van der Waals surface area contributed by atoms with Gasteiger partial charge >= 0.3 is 0 Å². The third-order valence-corrected chi connectivity index (χ3v) is 2.91. The normalized spacial score (nSPS) is 15.4. The number of amides is 1. The van der Waals surface area contributed by atoms with Gasteiger partial charge in [0.15, 0.2) is 0 Å². The van der Waals surface area contributed by atoms with E-state index in [9.17, 15) is 4.79 Å². The number of carbonyl (C=O) groups excluding carboxylic acids is 1. The molecule has 17 heavy (non-hydrogen) atoms. The Labute approximate surface area is 101 Å². The average molecular weight is 229 g/mol. The van der Waals surface area contributed by atoms with E-state index >= 15 is 0 Å². The first-order valence-electron chi connectivity index (χ1n) is 5.77. The summed E-state index contributed by atoms with van der Waals surface area (Å²) in [5.74, 6) is 0.163. The fourth-order valence-corrected chi connectivity index (χ4v) is 1.90. The van der Waals surface area contributed by atoms with E-state index in [4.69, 9.17) is 5.26 Å². The van der Waals surface area contributed by atoms with Crippen molar-refractivity contribution in [1.29, 1.82) is 5.26 Å². The van der Waals surface area contributed by atoms with Crippen LogP contribution < -0.4 is 5.32 Å². The summed E-state index contributed by atoms with van der Waals surface area (Å²) in [4.78, 5) is 13.8. The zero-order chi connectivity index (χ0) is 12.1. The van der Waals surface area contributed by atoms with Gasteiger partial charge in [-0.1, -0.05) is 12.1 Å². The minimum atomic E-state index is 0.163. The topological polar surface area (TPSA) is 56.1 Å². The molecule has 1 saturated heterocycles. The van der Waals surface area contributed by atoms with Crippen molar-refractivity contribution in [1.82, 2.24) is 10.2 Å². The van der Waals surface area contributed by atoms with Gasteiger partial charge in [-0.05, 0) is 17.7 Å². The molecule has 0 aliphatic carbocycles. The second-order valence-electron chi connectivity index (χ2n) is 4.12. The number of hydrogen-bond acceptors (Lipinski definition) is 3. The summed E-state index contributed by atoms with van der Waals surface area (Å²) in [6, 6.07) is 9.26. The van der Waals surface area contributed by atoms with Gasteiger partial charge in [-0.2, -0.15) is 5.26 Å². The molecule has 1 N–H and O–H groups in total. The second kappa shape index (κ2) is 5.46. The Bertz CT molecular complexity index is 427. The van der Waals surface area contributed by atoms with Crippen LogP contribution in [0.3, 0.4) is 0 Å². The van der Waals surface area contributed by atoms with Crippen molar-refractivity contribution < 1.29 is 4.79 Å². The predicted octanol–water partition coefficient (Wildman–Crippen LogP) is 0.533. The highest BCUT2D eigenvalue weighted by molar-refractivity contribution is 5.78. The van der Waals surface area contributed by atoms with Crippen LogP contribution >= 0.6 is 0 Å². The molecular weight excluding hydrogens is 214 g/mol. The van der Waals surface area contributed by atoms with Crippen LogP contribution in [0.15, 0.2) is 24.3 Å². The molecule has 1 aromatic carbocycles. The lowest BCUT2D eigenvalue weighted by molar-refractivity contribution is -0.131. The van der Waals surface area contributed by atoms with E-state index in [-0.39, 0.29) is 5.91 Å². The van der Waals surface area contributed by atoms with Crippen molar-refractivity contribution in [3.63, 3.8) is 0 Å². The van der Waals surface area contributed by atoms with Crippen LogP contribution in [-0.4, -0.2) is 37.0 Å². The summed E-state index contributed by atoms with van der Waals surface area (Å²) in [6.07, 6.45) is 0.422. The minimum absolute atomic E-state index is 0.163. The Morgan fingerprint density at radius 1 is 1.29 bits per heavy atom. The molecule has 0 unspecified atom stereocenters. The summed E-state index contributed by atoms with van der Waals surface area (Å²) in [7, 11) is 0. The van der Waals surface area contributed by atoms with Gasteiger partial charge in [0.2, 0.25) is 5.91 Å². The summed E-state index contributed by atoms with van der Waals surface area (Å²) < 4.78 is 0. The van der Waals surface area contributed by atoms with Gasteiger partial charge in [0, 0.05) is 26.2 Å². The van der Waals surface area contributed by atoms with Gasteiger partial charge in [0.25, 0.3) is 0 Å². The van der Waals surface area contributed by atoms with E-state index in [1.165, 1.54) is 0 Å². The first-order chi connectivity index (χ1) is 8.29. The number of nitriles is 1. The molecule has 2 rings (SSSR count). The molecule has 1 aliphatic heterocycles. The molecular formula is C13H15N3O. The molecule has 88 valence electrons. The molecule has 1 aliphatic rings. The Kier molecular flexibility index (Phi) is 3.73. The van der Waals surface area contributed by atoms with E-state index in [0.717, 1.165) is 31.7 Å². The van der Waals surface area contributed by atoms with E-state index in [0.29, 0.717) is 12.0 Å². The van der Waals surface area contributed by atoms with Crippen LogP contribution in [0.1, 0.15) is 11.1 Å². The van der Waals surface area contributed by atoms with Crippen LogP contribution in [0.5, 0.6) is 0 Å². The van der Waals surface area contributed by atoms with Crippen molar-refractivity contribution in [2.45, 2.75) is 6.42 Å². The van der Waals surface area contributed by atoms with Crippen molar-refractivity contribution in [2.24, 2.45) is 0 Å². The zero-order valence-corrected chi connectivity index (χ0v) is 9.65. The van der Waals surface area contributed by atoms with Gasteiger partial charge < -0.3 is 10.2 Å². The summed E-state index contributed by atoms with van der Waals surface area (Å²) >= 11 is 0. The monoisotopic (exact) mass is 229 g/mol. The third kappa shape index (κ3) is 3.05. The first-order valence-corrected chi connectivity index (χ1v) is 5.77. The Hall–Kier alpha value is -1.86. The predicted molar refractivity (Wildman–Crippen MR) is 64.3 cm³/mol. The number of hydrogen-bond donors (Lipinski definition) is 1. The van der Waals surface area contributed by atoms with Crippen LogP contribution in [-0.2, 0) is 11.2 Å². The van der Waals surface area contributed by atoms with Crippen LogP contribution in [0.25, 0.3) is 0 Å². The molecule has 0 aromatic heterocycles. The van der Waals surface area contributed by atoms with Crippen molar-refractivity contribution in [2.75, 3.05) is 26.2 Å². The number of nitrogens with one attached hydrogen (secondary N) is 1. The molecule has 1 aromatic rings. The standard InChI is InChI=1S/C13H15N3O/c14-10-12-3-1-11(2-4-12)9-13(17)16-7-5-15-6-8-16/h1-4,15H,5-9H2. The molecule has 0 atom stereocenters. The van der Waals surface area contributed by atoms with E-state index in [1.54, 1.807) is 12.1 Å². The quantitative estimate of drug-likeness (QED) is 0.805. The van der Waals surface area contributed by atoms with Crippen molar-refractivity contribution in [3.8, 4) is 6.07 Å². The van der Waals surface area contributed by atoms with Gasteiger partial charge in [-0.3, -0.25) is 4.79 Å². The summed E-state index contributed by atoms with van der Waals surface area (Å²) in [5, 5.41) is 11.9. The first kappa shape index (κ1) is 11.6. The maximum Gasteiger partial charge on any atom is 0.227 e. The fourth-order valence-electron chi connectivity index (χ4n) is 1.90. The van der Waals surface area contributed by atoms with E-state index in [1.807, 2.05) is 17.0 Å². The zero-order valence-electron chi connectivity index (χ0n) is 9.65. The highest BCUT2D eigenvalue weighted by Crippen LogP contribution is 2.06. The van der Waals surface area contributed by atoms with Crippen molar-refractivity contribution >= 4 is 5.91 Å². The number of piperazine rings is 1. The van der Waals surface area contributed by atoms with Gasteiger partial charge in [0.05, 0.1) is 18.1 Å². The molecule has 0 saturated carbocycles. The number of rotatable bonds is 2. The van der Waals surface area contributed by atoms with E-state index in [2.05, 4.69) is 11.4 Å². The molecule has 4 heteroatoms. The Morgan fingerprint density at radius 2 is 1.94 bits per heavy atom. The molecule has 0 radical (unpaired) electrons. The molecule has 0 spiro atoms. The van der Waals surface area contributed by atoms with Crippen LogP contribution in [0.4, 0.5) is 0 Å². The number of nitrogens with zero attached hydrogens (tertiary/aromatic N) is 2. The number of carbonyl (C=O) groups is 1. The summed E-state index contributed by atoms with van der Waals surface area (Å²) in [6.45, 7) is 3.32. The number of benzene rings is 1. The highest BCUT2D eigenvalue weighted by atomic mass is 16.2. The lowest BCUT2D eigenvalue weighted by atomic mass is 10.1. The SMILES string of the molecule is N#Cc1ccc(CC(=O)N2CCNCC2)cc1. The van der Waals surface area contributed by atoms with Crippen LogP contribution in [0.2, 0.25) is 0 Å². The minimum Gasteiger partial charge on any atom is -0.340 e. The molecule has 1 amide bonds. The van der Waals surface area contributed by atoms with Crippen molar-refractivity contribution in [3.05, 3.63) is 35.4 Å². The molecule has 1 fully saturated rings. The molecule has 0 bridgehead atoms. The lowest BCUT2D eigenvalue weighted by Crippen LogP contribution is -2.46. The van der Waals surface area contributed by atoms with Gasteiger partial charge in [-0.25, -0.2) is 0 Å². The highest BCUT2D eigenvalue weighted by Gasteiger charge is 2.15. The van der Waals surface area contributed by atoms with E-state index < -0.39 is 0 Å². The fraction of sp³-hybridized carbons (Fsp3) is 0.385. The van der Waals surface area contributed by atoms with Gasteiger partial charge in [-0.15, -0.1) is 0 Å². The molecule has 4 nitrogen and oxygen atoms in total. The largest absolute Gasteiger partial charge is 0.340 e. The Balaban J connectivity index is 1.95. The average Bonchev–Trinajstić information content (AvgIpc) is 2.40. The Morgan fingerprint density at radius 3 is 2.53 bits per heavy atom. The van der Waals surface area contributed by atoms with Gasteiger partial charge in [0.1, 0.15) is 0 Å². The van der Waals surface area contributed by atoms with Crippen LogP contribution in [0, 0.1) is 11.3 Å². The second-order valence-corrected chi connectivity index (χ2v) is 4.12.